The first-order valence-electron chi connectivity index (χ1n) is 7.16. The van der Waals surface area contributed by atoms with Crippen LogP contribution in [0, 0.1) is 0 Å². The molecule has 0 saturated carbocycles. The molecule has 0 bridgehead atoms. The number of carbonyl (C=O) groups is 1. The quantitative estimate of drug-likeness (QED) is 0.766. The minimum Gasteiger partial charge on any atom is -0.393 e. The van der Waals surface area contributed by atoms with Crippen molar-refractivity contribution in [2.45, 2.75) is 45.3 Å². The lowest BCUT2D eigenvalue weighted by Crippen LogP contribution is -2.37. The molecule has 0 aliphatic rings. The number of amides is 1. The molecule has 0 aliphatic carbocycles. The van der Waals surface area contributed by atoms with Crippen molar-refractivity contribution in [3.05, 3.63) is 35.9 Å². The Hall–Kier alpha value is -1.39. The second kappa shape index (κ2) is 8.72. The maximum atomic E-state index is 11.9. The topological polar surface area (TPSA) is 58.6 Å². The summed E-state index contributed by atoms with van der Waals surface area (Å²) in [7, 11) is 0. The number of hydrogen-bond donors (Lipinski definition) is 2. The molecule has 3 unspecified atom stereocenters. The van der Waals surface area contributed by atoms with Gasteiger partial charge in [-0.3, -0.25) is 4.79 Å². The average Bonchev–Trinajstić information content (AvgIpc) is 2.44. The van der Waals surface area contributed by atoms with Gasteiger partial charge in [0.15, 0.2) is 0 Å². The van der Waals surface area contributed by atoms with E-state index in [2.05, 4.69) is 5.32 Å². The smallest absolute Gasteiger partial charge is 0.248 e. The molecule has 1 rings (SSSR count). The number of ether oxygens (including phenoxy) is 1. The van der Waals surface area contributed by atoms with Crippen LogP contribution in [0.3, 0.4) is 0 Å². The van der Waals surface area contributed by atoms with Crippen LogP contribution in [-0.2, 0) is 9.53 Å². The molecular weight excluding hydrogens is 254 g/mol. The first-order chi connectivity index (χ1) is 9.54. The molecule has 112 valence electrons. The summed E-state index contributed by atoms with van der Waals surface area (Å²) in [5, 5.41) is 12.5. The van der Waals surface area contributed by atoms with Gasteiger partial charge in [0, 0.05) is 19.1 Å². The zero-order valence-corrected chi connectivity index (χ0v) is 12.5. The fourth-order valence-corrected chi connectivity index (χ4v) is 2.17. The second-order valence-electron chi connectivity index (χ2n) is 5.04. The van der Waals surface area contributed by atoms with Crippen LogP contribution in [0.4, 0.5) is 0 Å². The van der Waals surface area contributed by atoms with Crippen LogP contribution in [0.2, 0.25) is 0 Å². The van der Waals surface area contributed by atoms with E-state index in [1.165, 1.54) is 0 Å². The number of hydrogen-bond acceptors (Lipinski definition) is 3. The predicted octanol–water partition coefficient (Wildman–Crippen LogP) is 2.08. The van der Waals surface area contributed by atoms with E-state index < -0.39 is 12.2 Å². The van der Waals surface area contributed by atoms with E-state index in [1.54, 1.807) is 13.8 Å². The normalized spacial score (nSPS) is 15.4. The number of nitrogens with one attached hydrogen (secondary N) is 1. The van der Waals surface area contributed by atoms with Crippen LogP contribution in [0.5, 0.6) is 0 Å². The van der Waals surface area contributed by atoms with E-state index in [0.717, 1.165) is 5.56 Å². The summed E-state index contributed by atoms with van der Waals surface area (Å²) in [5.41, 5.74) is 1.12. The lowest BCUT2D eigenvalue weighted by Gasteiger charge is -2.21. The SMILES string of the molecule is CCOC(C)C(=O)NCC(CC(C)O)c1ccccc1. The monoisotopic (exact) mass is 279 g/mol. The van der Waals surface area contributed by atoms with E-state index in [9.17, 15) is 9.90 Å². The van der Waals surface area contributed by atoms with Crippen LogP contribution >= 0.6 is 0 Å². The van der Waals surface area contributed by atoms with Crippen LogP contribution in [-0.4, -0.2) is 36.4 Å². The summed E-state index contributed by atoms with van der Waals surface area (Å²) < 4.78 is 5.26. The lowest BCUT2D eigenvalue weighted by molar-refractivity contribution is -0.131. The van der Waals surface area contributed by atoms with Crippen molar-refractivity contribution >= 4 is 5.91 Å². The molecule has 0 aliphatic heterocycles. The molecule has 20 heavy (non-hydrogen) atoms. The molecule has 2 N–H and O–H groups in total. The van der Waals surface area contributed by atoms with Crippen molar-refractivity contribution < 1.29 is 14.6 Å². The standard InChI is InChI=1S/C16H25NO3/c1-4-20-13(3)16(19)17-11-15(10-12(2)18)14-8-6-5-7-9-14/h5-9,12-13,15,18H,4,10-11H2,1-3H3,(H,17,19). The van der Waals surface area contributed by atoms with Gasteiger partial charge in [-0.25, -0.2) is 0 Å². The highest BCUT2D eigenvalue weighted by molar-refractivity contribution is 5.80. The fourth-order valence-electron chi connectivity index (χ4n) is 2.17. The Labute approximate surface area is 121 Å². The summed E-state index contributed by atoms with van der Waals surface area (Å²) in [4.78, 5) is 11.9. The molecule has 3 atom stereocenters. The number of carbonyl (C=O) groups excluding carboxylic acids is 1. The van der Waals surface area contributed by atoms with E-state index in [0.29, 0.717) is 19.6 Å². The highest BCUT2D eigenvalue weighted by Gasteiger charge is 2.18. The highest BCUT2D eigenvalue weighted by atomic mass is 16.5. The molecule has 4 heteroatoms. The van der Waals surface area contributed by atoms with Gasteiger partial charge in [-0.1, -0.05) is 30.3 Å². The highest BCUT2D eigenvalue weighted by Crippen LogP contribution is 2.20. The van der Waals surface area contributed by atoms with Gasteiger partial charge < -0.3 is 15.2 Å². The Balaban J connectivity index is 2.60. The van der Waals surface area contributed by atoms with E-state index in [1.807, 2.05) is 37.3 Å². The third-order valence-electron chi connectivity index (χ3n) is 3.21. The van der Waals surface area contributed by atoms with Crippen molar-refractivity contribution in [3.63, 3.8) is 0 Å². The third kappa shape index (κ3) is 5.72. The van der Waals surface area contributed by atoms with Crippen LogP contribution in [0.15, 0.2) is 30.3 Å². The second-order valence-corrected chi connectivity index (χ2v) is 5.04. The molecule has 1 aromatic rings. The minimum absolute atomic E-state index is 0.106. The average molecular weight is 279 g/mol. The number of rotatable bonds is 8. The number of aliphatic hydroxyl groups excluding tert-OH is 1. The first-order valence-corrected chi connectivity index (χ1v) is 7.16. The maximum Gasteiger partial charge on any atom is 0.248 e. The Morgan fingerprint density at radius 3 is 2.50 bits per heavy atom. The Morgan fingerprint density at radius 2 is 1.95 bits per heavy atom. The van der Waals surface area contributed by atoms with Gasteiger partial charge in [0.25, 0.3) is 0 Å². The Kier molecular flexibility index (Phi) is 7.26. The Bertz CT molecular complexity index is 392. The third-order valence-corrected chi connectivity index (χ3v) is 3.21. The largest absolute Gasteiger partial charge is 0.393 e. The zero-order chi connectivity index (χ0) is 15.0. The van der Waals surface area contributed by atoms with Gasteiger partial charge in [0.05, 0.1) is 6.10 Å². The number of benzene rings is 1. The van der Waals surface area contributed by atoms with Gasteiger partial charge in [-0.15, -0.1) is 0 Å². The molecular formula is C16H25NO3. The summed E-state index contributed by atoms with van der Waals surface area (Å²) in [6, 6.07) is 9.93. The fraction of sp³-hybridized carbons (Fsp3) is 0.562. The van der Waals surface area contributed by atoms with Crippen molar-refractivity contribution in [2.75, 3.05) is 13.2 Å². The van der Waals surface area contributed by atoms with E-state index in [4.69, 9.17) is 4.74 Å². The summed E-state index contributed by atoms with van der Waals surface area (Å²) in [5.74, 6) is -0.00708. The van der Waals surface area contributed by atoms with Gasteiger partial charge in [-0.2, -0.15) is 0 Å². The van der Waals surface area contributed by atoms with Crippen LogP contribution in [0.1, 0.15) is 38.7 Å². The Morgan fingerprint density at radius 1 is 1.30 bits per heavy atom. The molecule has 0 heterocycles. The van der Waals surface area contributed by atoms with Crippen molar-refractivity contribution in [1.82, 2.24) is 5.32 Å². The molecule has 0 aromatic heterocycles. The van der Waals surface area contributed by atoms with Gasteiger partial charge in [0.1, 0.15) is 6.10 Å². The first kappa shape index (κ1) is 16.7. The number of aliphatic hydroxyl groups is 1. The molecule has 0 radical (unpaired) electrons. The zero-order valence-electron chi connectivity index (χ0n) is 12.5. The van der Waals surface area contributed by atoms with Crippen molar-refractivity contribution in [3.8, 4) is 0 Å². The molecule has 1 amide bonds. The van der Waals surface area contributed by atoms with Crippen LogP contribution in [0.25, 0.3) is 0 Å². The van der Waals surface area contributed by atoms with Crippen molar-refractivity contribution in [2.24, 2.45) is 0 Å². The molecule has 0 fully saturated rings. The maximum absolute atomic E-state index is 11.9. The van der Waals surface area contributed by atoms with Gasteiger partial charge in [-0.05, 0) is 32.8 Å². The summed E-state index contributed by atoms with van der Waals surface area (Å²) in [6.07, 6.45) is -0.225. The predicted molar refractivity (Wildman–Crippen MR) is 79.6 cm³/mol. The summed E-state index contributed by atoms with van der Waals surface area (Å²) in [6.45, 7) is 6.39. The van der Waals surface area contributed by atoms with E-state index >= 15 is 0 Å². The van der Waals surface area contributed by atoms with Crippen molar-refractivity contribution in [1.29, 1.82) is 0 Å². The van der Waals surface area contributed by atoms with E-state index in [-0.39, 0.29) is 11.8 Å². The molecule has 0 spiro atoms. The summed E-state index contributed by atoms with van der Waals surface area (Å²) >= 11 is 0. The van der Waals surface area contributed by atoms with Gasteiger partial charge >= 0.3 is 0 Å². The lowest BCUT2D eigenvalue weighted by atomic mass is 9.93. The molecule has 0 saturated heterocycles. The van der Waals surface area contributed by atoms with Crippen LogP contribution < -0.4 is 5.32 Å². The molecule has 1 aromatic carbocycles. The van der Waals surface area contributed by atoms with Gasteiger partial charge in [0.2, 0.25) is 5.91 Å². The minimum atomic E-state index is -0.442. The molecule has 4 nitrogen and oxygen atoms in total.